The summed E-state index contributed by atoms with van der Waals surface area (Å²) in [7, 11) is 4.74. The van der Waals surface area contributed by atoms with Crippen LogP contribution < -0.4 is 5.32 Å². The molecular weight excluding hydrogens is 640 g/mol. The standard InChI is InChI=1S/C20H45NP2.C8H13.ClH.Ir.2H/c1-17(2,3)22(18(4,5)6)15-13-21-14-16-23(19(7,8)9)20(10,11)12;1-2-4-6-8-7-5-3-1;;;;/h21H,13-16H2,1-12H3;1H,2,4-8H2;1H;;;/q;-1;;+1;;/p-1. The van der Waals surface area contributed by atoms with Crippen LogP contribution in [-0.2, 0) is 17.9 Å². The van der Waals surface area contributed by atoms with Crippen LogP contribution in [0.3, 0.4) is 0 Å². The number of nitrogens with one attached hydrogen (secondary N) is 1. The van der Waals surface area contributed by atoms with Crippen LogP contribution in [0.4, 0.5) is 0 Å². The van der Waals surface area contributed by atoms with Gasteiger partial charge in [-0.3, -0.25) is 6.08 Å². The third-order valence-electron chi connectivity index (χ3n) is 5.83. The van der Waals surface area contributed by atoms with Gasteiger partial charge in [-0.05, 0) is 46.0 Å². The van der Waals surface area contributed by atoms with E-state index < -0.39 is 0 Å². The van der Waals surface area contributed by atoms with E-state index in [4.69, 9.17) is 9.58 Å². The molecule has 204 valence electrons. The molecule has 0 atom stereocenters. The van der Waals surface area contributed by atoms with Gasteiger partial charge in [0.05, 0.1) is 0 Å². The van der Waals surface area contributed by atoms with Crippen LogP contribution in [-0.4, -0.2) is 46.0 Å². The fraction of sp³-hybridized carbons (Fsp3) is 0.929. The van der Waals surface area contributed by atoms with Crippen LogP contribution in [0.5, 0.6) is 0 Å². The van der Waals surface area contributed by atoms with E-state index in [0.717, 1.165) is 0 Å². The first-order valence-electron chi connectivity index (χ1n) is 12.9. The Labute approximate surface area is 227 Å². The van der Waals surface area contributed by atoms with Crippen molar-refractivity contribution in [2.45, 2.75) is 142 Å². The molecule has 0 amide bonds. The Balaban J connectivity index is 0. The van der Waals surface area contributed by atoms with Gasteiger partial charge in [-0.15, -0.1) is 0 Å². The molecule has 0 heterocycles. The quantitative estimate of drug-likeness (QED) is 0.165. The summed E-state index contributed by atoms with van der Waals surface area (Å²) in [6.07, 6.45) is 16.2. The molecular formula is C28H60ClIrNP2-. The van der Waals surface area contributed by atoms with E-state index in [-0.39, 0.29) is 15.8 Å². The molecule has 1 aliphatic carbocycles. The predicted octanol–water partition coefficient (Wildman–Crippen LogP) is 9.59. The minimum absolute atomic E-state index is 0.0229. The molecule has 33 heavy (non-hydrogen) atoms. The molecule has 0 spiro atoms. The summed E-state index contributed by atoms with van der Waals surface area (Å²) in [6.45, 7) is 31.4. The Hall–Kier alpha value is 1.50. The summed E-state index contributed by atoms with van der Waals surface area (Å²) in [5.74, 6) is 0. The molecule has 0 aliphatic heterocycles. The number of rotatable bonds is 6. The van der Waals surface area contributed by atoms with Gasteiger partial charge in [-0.2, -0.15) is 6.42 Å². The SMILES string of the molecule is CC(C)(C)P(CCNCCP(C(C)(C)C)C(C)(C)C)C(C)(C)C.[C-]1=CCCCCCC1.[Cl][IrH2]. The summed E-state index contributed by atoms with van der Waals surface area (Å²) >= 11 is 1.19. The summed E-state index contributed by atoms with van der Waals surface area (Å²) in [5.41, 5.74) is 0. The zero-order chi connectivity index (χ0) is 26.3. The Morgan fingerprint density at radius 3 is 1.39 bits per heavy atom. The first kappa shape index (κ1) is 36.7. The van der Waals surface area contributed by atoms with E-state index in [1.165, 1.54) is 81.8 Å². The van der Waals surface area contributed by atoms with Crippen molar-refractivity contribution in [1.29, 1.82) is 0 Å². The van der Waals surface area contributed by atoms with Crippen LogP contribution in [0.1, 0.15) is 122 Å². The molecule has 0 aromatic heterocycles. The van der Waals surface area contributed by atoms with E-state index in [0.29, 0.717) is 20.6 Å². The van der Waals surface area contributed by atoms with Gasteiger partial charge in [0.25, 0.3) is 0 Å². The number of halogens is 1. The van der Waals surface area contributed by atoms with E-state index >= 15 is 0 Å². The summed E-state index contributed by atoms with van der Waals surface area (Å²) in [4.78, 5) is 0. The fourth-order valence-electron chi connectivity index (χ4n) is 4.89. The van der Waals surface area contributed by atoms with Crippen molar-refractivity contribution in [2.75, 3.05) is 25.4 Å². The monoisotopic (exact) mass is 700 g/mol. The van der Waals surface area contributed by atoms with Crippen molar-refractivity contribution in [3.05, 3.63) is 12.2 Å². The van der Waals surface area contributed by atoms with Crippen LogP contribution in [0.2, 0.25) is 0 Å². The van der Waals surface area contributed by atoms with Crippen molar-refractivity contribution in [1.82, 2.24) is 5.32 Å². The molecule has 0 bridgehead atoms. The molecule has 1 rings (SSSR count). The molecule has 1 nitrogen and oxygen atoms in total. The second-order valence-electron chi connectivity index (χ2n) is 13.1. The first-order valence-corrected chi connectivity index (χ1v) is 19.3. The minimum atomic E-state index is 0.0229. The molecule has 0 aromatic carbocycles. The van der Waals surface area contributed by atoms with Gasteiger partial charge in [0, 0.05) is 0 Å². The molecule has 0 saturated carbocycles. The van der Waals surface area contributed by atoms with E-state index in [2.05, 4.69) is 101 Å². The Morgan fingerprint density at radius 1 is 0.667 bits per heavy atom. The van der Waals surface area contributed by atoms with Gasteiger partial charge < -0.3 is 11.4 Å². The molecule has 0 fully saturated rings. The predicted molar refractivity (Wildman–Crippen MR) is 160 cm³/mol. The number of hydrogen-bond acceptors (Lipinski definition) is 1. The van der Waals surface area contributed by atoms with Crippen LogP contribution in [0, 0.1) is 6.08 Å². The third-order valence-corrected chi connectivity index (χ3v) is 13.6. The van der Waals surface area contributed by atoms with Crippen LogP contribution in [0.15, 0.2) is 6.08 Å². The van der Waals surface area contributed by atoms with Gasteiger partial charge in [0.15, 0.2) is 0 Å². The second-order valence-corrected chi connectivity index (χ2v) is 21.1. The van der Waals surface area contributed by atoms with Crippen molar-refractivity contribution < 1.29 is 17.9 Å². The Morgan fingerprint density at radius 2 is 1.03 bits per heavy atom. The fourth-order valence-corrected chi connectivity index (χ4v) is 12.4. The normalized spacial score (nSPS) is 15.9. The maximum atomic E-state index is 4.69. The maximum absolute atomic E-state index is 4.69. The van der Waals surface area contributed by atoms with E-state index in [9.17, 15) is 0 Å². The van der Waals surface area contributed by atoms with Crippen molar-refractivity contribution >= 4 is 25.4 Å². The van der Waals surface area contributed by atoms with Gasteiger partial charge >= 0.3 is 27.5 Å². The zero-order valence-corrected chi connectivity index (χ0v) is 29.6. The van der Waals surface area contributed by atoms with Gasteiger partial charge in [0.1, 0.15) is 0 Å². The number of allylic oxidation sites excluding steroid dienone is 2. The van der Waals surface area contributed by atoms with Gasteiger partial charge in [-0.1, -0.05) is 131 Å². The summed E-state index contributed by atoms with van der Waals surface area (Å²) in [5, 5.41) is 5.54. The molecule has 0 radical (unpaired) electrons. The molecule has 0 saturated heterocycles. The molecule has 0 unspecified atom stereocenters. The Bertz CT molecular complexity index is 424. The van der Waals surface area contributed by atoms with Crippen LogP contribution >= 0.6 is 25.4 Å². The molecule has 0 aromatic rings. The molecule has 1 aliphatic rings. The molecule has 5 heteroatoms. The first-order chi connectivity index (χ1) is 15.0. The van der Waals surface area contributed by atoms with E-state index in [1.54, 1.807) is 0 Å². The van der Waals surface area contributed by atoms with Crippen molar-refractivity contribution in [3.8, 4) is 0 Å². The molecule has 1 N–H and O–H groups in total. The second kappa shape index (κ2) is 17.9. The third kappa shape index (κ3) is 19.3. The van der Waals surface area contributed by atoms with Crippen molar-refractivity contribution in [2.24, 2.45) is 0 Å². The van der Waals surface area contributed by atoms with E-state index in [1.807, 2.05) is 0 Å². The average molecular weight is 700 g/mol. The summed E-state index contributed by atoms with van der Waals surface area (Å²) < 4.78 is 0. The van der Waals surface area contributed by atoms with Crippen molar-refractivity contribution in [3.63, 3.8) is 0 Å². The zero-order valence-electron chi connectivity index (χ0n) is 24.3. The number of hydrogen-bond donors (Lipinski definition) is 1. The average Bonchev–Trinajstić information content (AvgIpc) is 2.58. The van der Waals surface area contributed by atoms with Crippen LogP contribution in [0.25, 0.3) is 0 Å². The topological polar surface area (TPSA) is 12.0 Å². The Kier molecular flexibility index (Phi) is 19.8. The van der Waals surface area contributed by atoms with Gasteiger partial charge in [-0.25, -0.2) is 0 Å². The summed E-state index contributed by atoms with van der Waals surface area (Å²) in [6, 6.07) is 0. The van der Waals surface area contributed by atoms with Gasteiger partial charge in [0.2, 0.25) is 0 Å².